The third-order valence-corrected chi connectivity index (χ3v) is 4.96. The highest BCUT2D eigenvalue weighted by atomic mass is 79.9. The predicted molar refractivity (Wildman–Crippen MR) is 104 cm³/mol. The number of non-ortho nitro benzene ring substituents is 1. The van der Waals surface area contributed by atoms with E-state index in [0.29, 0.717) is 28.9 Å². The fraction of sp³-hybridized carbons (Fsp3) is 0.316. The number of nitrogens with zero attached hydrogens (tertiary/aromatic N) is 2. The minimum Gasteiger partial charge on any atom is -0.496 e. The van der Waals surface area contributed by atoms with E-state index in [1.54, 1.807) is 24.1 Å². The topological polar surface area (TPSA) is 72.7 Å². The van der Waals surface area contributed by atoms with E-state index < -0.39 is 10.8 Å². The summed E-state index contributed by atoms with van der Waals surface area (Å²) in [5, 5.41) is 11.0. The number of nitro groups is 1. The van der Waals surface area contributed by atoms with Crippen molar-refractivity contribution >= 4 is 27.5 Å². The molecule has 0 saturated heterocycles. The number of nitro benzene ring substituents is 1. The molecule has 0 heterocycles. The number of likely N-dealkylation sites (N-methyl/N-ethyl adjacent to an activating group) is 1. The second kappa shape index (κ2) is 8.80. The lowest BCUT2D eigenvalue weighted by molar-refractivity contribution is -0.384. The molecule has 2 aromatic rings. The van der Waals surface area contributed by atoms with Gasteiger partial charge in [0.25, 0.3) is 5.69 Å². The van der Waals surface area contributed by atoms with Gasteiger partial charge in [-0.2, -0.15) is 0 Å². The van der Waals surface area contributed by atoms with E-state index in [2.05, 4.69) is 15.9 Å². The van der Waals surface area contributed by atoms with Gasteiger partial charge < -0.3 is 9.64 Å². The first-order valence-corrected chi connectivity index (χ1v) is 9.09. The lowest BCUT2D eigenvalue weighted by atomic mass is 9.89. The minimum atomic E-state index is -0.624. The van der Waals surface area contributed by atoms with Crippen molar-refractivity contribution in [3.8, 4) is 5.75 Å². The van der Waals surface area contributed by atoms with Gasteiger partial charge in [-0.15, -0.1) is 0 Å². The number of benzene rings is 2. The maximum absolute atomic E-state index is 13.3. The molecule has 0 aromatic heterocycles. The van der Waals surface area contributed by atoms with E-state index in [1.807, 2.05) is 32.0 Å². The molecule has 1 amide bonds. The largest absolute Gasteiger partial charge is 0.496 e. The van der Waals surface area contributed by atoms with Crippen LogP contribution in [0.2, 0.25) is 0 Å². The van der Waals surface area contributed by atoms with Crippen LogP contribution in [0.5, 0.6) is 5.75 Å². The first-order chi connectivity index (χ1) is 12.4. The van der Waals surface area contributed by atoms with Crippen molar-refractivity contribution in [2.45, 2.75) is 19.8 Å². The van der Waals surface area contributed by atoms with Crippen molar-refractivity contribution in [2.24, 2.45) is 0 Å². The minimum absolute atomic E-state index is 0.0327. The maximum Gasteiger partial charge on any atom is 0.270 e. The highest BCUT2D eigenvalue weighted by molar-refractivity contribution is 9.10. The number of carbonyl (C=O) groups is 1. The molecule has 138 valence electrons. The van der Waals surface area contributed by atoms with Gasteiger partial charge in [0.05, 0.1) is 18.0 Å². The number of hydrogen-bond acceptors (Lipinski definition) is 4. The zero-order valence-electron chi connectivity index (χ0n) is 14.9. The standard InChI is InChI=1S/C19H21BrN2O4/c1-4-21(5-2)19(23)18(15-8-6-7-9-17(15)26-3)14-11-10-13(22(24)25)12-16(14)20/h6-12,18H,4-5H2,1-3H3. The number of methoxy groups -OCH3 is 1. The normalized spacial score (nSPS) is 11.7. The zero-order valence-corrected chi connectivity index (χ0v) is 16.5. The fourth-order valence-electron chi connectivity index (χ4n) is 2.92. The van der Waals surface area contributed by atoms with Crippen LogP contribution in [-0.4, -0.2) is 35.9 Å². The Balaban J connectivity index is 2.65. The molecule has 2 aromatic carbocycles. The Morgan fingerprint density at radius 2 is 1.85 bits per heavy atom. The first-order valence-electron chi connectivity index (χ1n) is 8.30. The fourth-order valence-corrected chi connectivity index (χ4v) is 3.52. The Bertz CT molecular complexity index is 806. The van der Waals surface area contributed by atoms with Crippen LogP contribution in [-0.2, 0) is 4.79 Å². The molecule has 0 fully saturated rings. The monoisotopic (exact) mass is 420 g/mol. The lowest BCUT2D eigenvalue weighted by Crippen LogP contribution is -2.35. The third kappa shape index (κ3) is 4.04. The summed E-state index contributed by atoms with van der Waals surface area (Å²) in [5.41, 5.74) is 1.35. The lowest BCUT2D eigenvalue weighted by Gasteiger charge is -2.27. The summed E-state index contributed by atoms with van der Waals surface area (Å²) in [5.74, 6) is -0.0986. The average Bonchev–Trinajstić information content (AvgIpc) is 2.64. The van der Waals surface area contributed by atoms with Crippen LogP contribution in [0.3, 0.4) is 0 Å². The molecule has 1 atom stereocenters. The van der Waals surface area contributed by atoms with Crippen molar-refractivity contribution in [1.29, 1.82) is 0 Å². The van der Waals surface area contributed by atoms with Gasteiger partial charge in [-0.25, -0.2) is 0 Å². The van der Waals surface area contributed by atoms with Gasteiger partial charge in [0.15, 0.2) is 0 Å². The number of amides is 1. The predicted octanol–water partition coefficient (Wildman–Crippen LogP) is 4.37. The quantitative estimate of drug-likeness (QED) is 0.492. The molecule has 0 aliphatic carbocycles. The molecule has 0 aliphatic heterocycles. The van der Waals surface area contributed by atoms with Crippen molar-refractivity contribution in [3.05, 3.63) is 68.2 Å². The summed E-state index contributed by atoms with van der Waals surface area (Å²) in [7, 11) is 1.56. The molecule has 7 heteroatoms. The molecule has 0 radical (unpaired) electrons. The molecule has 2 rings (SSSR count). The third-order valence-electron chi connectivity index (χ3n) is 4.28. The Labute approximate surface area is 161 Å². The zero-order chi connectivity index (χ0) is 19.3. The van der Waals surface area contributed by atoms with Gasteiger partial charge in [-0.3, -0.25) is 14.9 Å². The van der Waals surface area contributed by atoms with Crippen molar-refractivity contribution in [3.63, 3.8) is 0 Å². The molecule has 0 spiro atoms. The van der Waals surface area contributed by atoms with Crippen LogP contribution in [0.1, 0.15) is 30.9 Å². The van der Waals surface area contributed by atoms with Crippen LogP contribution in [0.4, 0.5) is 5.69 Å². The Morgan fingerprint density at radius 1 is 1.19 bits per heavy atom. The van der Waals surface area contributed by atoms with Gasteiger partial charge in [-0.05, 0) is 31.5 Å². The molecular weight excluding hydrogens is 400 g/mol. The SMILES string of the molecule is CCN(CC)C(=O)C(c1ccc([N+](=O)[O-])cc1Br)c1ccccc1OC. The van der Waals surface area contributed by atoms with Crippen molar-refractivity contribution in [2.75, 3.05) is 20.2 Å². The van der Waals surface area contributed by atoms with E-state index >= 15 is 0 Å². The Hall–Kier alpha value is -2.41. The van der Waals surface area contributed by atoms with E-state index in [1.165, 1.54) is 12.1 Å². The summed E-state index contributed by atoms with van der Waals surface area (Å²) in [6.45, 7) is 4.99. The number of rotatable bonds is 7. The van der Waals surface area contributed by atoms with Gasteiger partial charge in [-0.1, -0.05) is 34.1 Å². The number of ether oxygens (including phenoxy) is 1. The van der Waals surface area contributed by atoms with Gasteiger partial charge >= 0.3 is 0 Å². The number of carbonyl (C=O) groups excluding carboxylic acids is 1. The Morgan fingerprint density at radius 3 is 2.38 bits per heavy atom. The summed E-state index contributed by atoms with van der Waals surface area (Å²) in [6.07, 6.45) is 0. The molecule has 0 bridgehead atoms. The van der Waals surface area contributed by atoms with Crippen LogP contribution < -0.4 is 4.74 Å². The van der Waals surface area contributed by atoms with E-state index in [4.69, 9.17) is 4.74 Å². The second-order valence-corrected chi connectivity index (χ2v) is 6.50. The molecule has 6 nitrogen and oxygen atoms in total. The summed E-state index contributed by atoms with van der Waals surface area (Å²) >= 11 is 3.41. The summed E-state index contributed by atoms with van der Waals surface area (Å²) in [6, 6.07) is 11.8. The van der Waals surface area contributed by atoms with Crippen LogP contribution >= 0.6 is 15.9 Å². The highest BCUT2D eigenvalue weighted by Crippen LogP contribution is 2.38. The van der Waals surface area contributed by atoms with Gasteiger partial charge in [0.1, 0.15) is 5.75 Å². The molecule has 26 heavy (non-hydrogen) atoms. The molecule has 0 N–H and O–H groups in total. The van der Waals surface area contributed by atoms with Crippen LogP contribution in [0, 0.1) is 10.1 Å². The van der Waals surface area contributed by atoms with E-state index in [9.17, 15) is 14.9 Å². The Kier molecular flexibility index (Phi) is 6.74. The van der Waals surface area contributed by atoms with Gasteiger partial charge in [0.2, 0.25) is 5.91 Å². The van der Waals surface area contributed by atoms with Crippen molar-refractivity contribution in [1.82, 2.24) is 4.90 Å². The van der Waals surface area contributed by atoms with Crippen LogP contribution in [0.25, 0.3) is 0 Å². The summed E-state index contributed by atoms with van der Waals surface area (Å²) in [4.78, 5) is 25.6. The van der Waals surface area contributed by atoms with E-state index in [0.717, 1.165) is 5.56 Å². The smallest absolute Gasteiger partial charge is 0.270 e. The van der Waals surface area contributed by atoms with Crippen LogP contribution in [0.15, 0.2) is 46.9 Å². The van der Waals surface area contributed by atoms with Gasteiger partial charge in [0, 0.05) is 35.3 Å². The number of para-hydroxylation sites is 1. The van der Waals surface area contributed by atoms with Crippen molar-refractivity contribution < 1.29 is 14.5 Å². The molecule has 1 unspecified atom stereocenters. The summed E-state index contributed by atoms with van der Waals surface area (Å²) < 4.78 is 5.97. The molecule has 0 saturated carbocycles. The second-order valence-electron chi connectivity index (χ2n) is 5.65. The first kappa shape index (κ1) is 19.9. The molecule has 0 aliphatic rings. The number of halogens is 1. The maximum atomic E-state index is 13.3. The highest BCUT2D eigenvalue weighted by Gasteiger charge is 2.30. The van der Waals surface area contributed by atoms with E-state index in [-0.39, 0.29) is 11.6 Å². The average molecular weight is 421 g/mol. The molecular formula is C19H21BrN2O4. The number of hydrogen-bond donors (Lipinski definition) is 0.